The molecule has 1 aliphatic heterocycles. The van der Waals surface area contributed by atoms with Crippen LogP contribution in [0.2, 0.25) is 5.02 Å². The highest BCUT2D eigenvalue weighted by atomic mass is 35.5. The van der Waals surface area contributed by atoms with Crippen molar-refractivity contribution in [3.63, 3.8) is 0 Å². The first-order valence-corrected chi connectivity index (χ1v) is 10.7. The Morgan fingerprint density at radius 2 is 1.90 bits per heavy atom. The number of aryl methyl sites for hydroxylation is 1. The molecule has 0 unspecified atom stereocenters. The lowest BCUT2D eigenvalue weighted by Crippen LogP contribution is -2.39. The van der Waals surface area contributed by atoms with Crippen LogP contribution >= 0.6 is 11.6 Å². The predicted octanol–water partition coefficient (Wildman–Crippen LogP) is 4.73. The Morgan fingerprint density at radius 3 is 2.67 bits per heavy atom. The van der Waals surface area contributed by atoms with Crippen molar-refractivity contribution < 1.29 is 18.7 Å². The molecule has 1 saturated carbocycles. The zero-order valence-corrected chi connectivity index (χ0v) is 17.3. The van der Waals surface area contributed by atoms with Crippen molar-refractivity contribution in [2.45, 2.75) is 44.6 Å². The van der Waals surface area contributed by atoms with Crippen molar-refractivity contribution in [3.8, 4) is 5.75 Å². The van der Waals surface area contributed by atoms with E-state index in [9.17, 15) is 14.0 Å². The van der Waals surface area contributed by atoms with Gasteiger partial charge in [0, 0.05) is 12.0 Å². The summed E-state index contributed by atoms with van der Waals surface area (Å²) in [6, 6.07) is 9.62. The molecule has 1 heterocycles. The summed E-state index contributed by atoms with van der Waals surface area (Å²) in [7, 11) is 0. The number of para-hydroxylation sites is 1. The summed E-state index contributed by atoms with van der Waals surface area (Å²) < 4.78 is 18.9. The summed E-state index contributed by atoms with van der Waals surface area (Å²) in [5.74, 6) is -0.157. The number of anilines is 1. The van der Waals surface area contributed by atoms with Gasteiger partial charge in [-0.3, -0.25) is 9.59 Å². The molecule has 2 aromatic carbocycles. The van der Waals surface area contributed by atoms with Crippen LogP contribution in [0, 0.1) is 11.7 Å². The number of rotatable bonds is 4. The number of hydrogen-bond acceptors (Lipinski definition) is 3. The van der Waals surface area contributed by atoms with E-state index in [1.165, 1.54) is 18.2 Å². The molecule has 0 saturated heterocycles. The Morgan fingerprint density at radius 1 is 1.10 bits per heavy atom. The molecule has 2 aromatic rings. The van der Waals surface area contributed by atoms with Crippen LogP contribution in [0.1, 0.15) is 48.0 Å². The summed E-state index contributed by atoms with van der Waals surface area (Å²) in [6.45, 7) is 0.635. The van der Waals surface area contributed by atoms with Crippen LogP contribution in [0.3, 0.4) is 0 Å². The average molecular weight is 431 g/mol. The van der Waals surface area contributed by atoms with Crippen LogP contribution in [0.15, 0.2) is 36.4 Å². The molecule has 158 valence electrons. The fraction of sp³-hybridized carbons (Fsp3) is 0.391. The van der Waals surface area contributed by atoms with Gasteiger partial charge in [-0.1, -0.05) is 23.7 Å². The standard InChI is InChI=1S/C23H24ClFN2O3/c24-19-13-16(25)8-11-20(19)27-22(28)15-6-9-17(10-7-15)26-23(29)18-5-1-3-14-4-2-12-30-21(14)18/h1,3,5,8,11,13,15,17H,2,4,6-7,9-10,12H2,(H,26,29)(H,27,28)/t15-,17-. The van der Waals surface area contributed by atoms with Crippen molar-refractivity contribution in [1.82, 2.24) is 5.32 Å². The minimum absolute atomic E-state index is 0.0235. The van der Waals surface area contributed by atoms with Gasteiger partial charge in [-0.05, 0) is 68.4 Å². The largest absolute Gasteiger partial charge is 0.492 e. The number of ether oxygens (including phenoxy) is 1. The molecule has 7 heteroatoms. The normalized spacial score (nSPS) is 20.6. The van der Waals surface area contributed by atoms with E-state index >= 15 is 0 Å². The molecule has 2 N–H and O–H groups in total. The van der Waals surface area contributed by atoms with Crippen LogP contribution in [-0.2, 0) is 11.2 Å². The summed E-state index contributed by atoms with van der Waals surface area (Å²) >= 11 is 5.99. The van der Waals surface area contributed by atoms with Crippen LogP contribution in [0.25, 0.3) is 0 Å². The predicted molar refractivity (Wildman–Crippen MR) is 114 cm³/mol. The van der Waals surface area contributed by atoms with E-state index in [4.69, 9.17) is 16.3 Å². The highest BCUT2D eigenvalue weighted by Crippen LogP contribution is 2.31. The first-order chi connectivity index (χ1) is 14.5. The maximum absolute atomic E-state index is 13.2. The second kappa shape index (κ2) is 9.04. The molecule has 0 atom stereocenters. The number of nitrogens with one attached hydrogen (secondary N) is 2. The lowest BCUT2D eigenvalue weighted by molar-refractivity contribution is -0.120. The van der Waals surface area contributed by atoms with Gasteiger partial charge in [0.2, 0.25) is 5.91 Å². The average Bonchev–Trinajstić information content (AvgIpc) is 2.75. The van der Waals surface area contributed by atoms with Gasteiger partial charge in [0.15, 0.2) is 0 Å². The minimum atomic E-state index is -0.445. The highest BCUT2D eigenvalue weighted by Gasteiger charge is 2.28. The summed E-state index contributed by atoms with van der Waals surface area (Å²) in [6.07, 6.45) is 4.66. The quantitative estimate of drug-likeness (QED) is 0.736. The summed E-state index contributed by atoms with van der Waals surface area (Å²) in [5, 5.41) is 6.06. The third kappa shape index (κ3) is 4.59. The zero-order valence-electron chi connectivity index (χ0n) is 16.5. The second-order valence-electron chi connectivity index (χ2n) is 7.88. The summed E-state index contributed by atoms with van der Waals surface area (Å²) in [5.41, 5.74) is 2.07. The zero-order chi connectivity index (χ0) is 21.1. The van der Waals surface area contributed by atoms with Crippen LogP contribution in [0.4, 0.5) is 10.1 Å². The monoisotopic (exact) mass is 430 g/mol. The minimum Gasteiger partial charge on any atom is -0.492 e. The first kappa shape index (κ1) is 20.7. The third-order valence-corrected chi connectivity index (χ3v) is 6.11. The van der Waals surface area contributed by atoms with Crippen LogP contribution in [0.5, 0.6) is 5.75 Å². The molecular weight excluding hydrogens is 407 g/mol. The Hall–Kier alpha value is -2.60. The lowest BCUT2D eigenvalue weighted by Gasteiger charge is -2.29. The number of halogens is 2. The van der Waals surface area contributed by atoms with Gasteiger partial charge >= 0.3 is 0 Å². The molecule has 4 rings (SSSR count). The third-order valence-electron chi connectivity index (χ3n) is 5.80. The molecule has 0 aromatic heterocycles. The molecule has 0 spiro atoms. The topological polar surface area (TPSA) is 67.4 Å². The number of carbonyl (C=O) groups excluding carboxylic acids is 2. The molecular formula is C23H24ClFN2O3. The molecule has 1 aliphatic carbocycles. The molecule has 0 bridgehead atoms. The molecule has 2 aliphatic rings. The maximum atomic E-state index is 13.2. The number of hydrogen-bond donors (Lipinski definition) is 2. The summed E-state index contributed by atoms with van der Waals surface area (Å²) in [4.78, 5) is 25.3. The van der Waals surface area contributed by atoms with Crippen molar-refractivity contribution in [2.75, 3.05) is 11.9 Å². The Labute approximate surface area is 179 Å². The van der Waals surface area contributed by atoms with Gasteiger partial charge in [0.05, 0.1) is 22.9 Å². The van der Waals surface area contributed by atoms with E-state index in [1.54, 1.807) is 6.07 Å². The van der Waals surface area contributed by atoms with E-state index in [1.807, 2.05) is 12.1 Å². The van der Waals surface area contributed by atoms with Gasteiger partial charge in [0.1, 0.15) is 11.6 Å². The van der Waals surface area contributed by atoms with Gasteiger partial charge in [-0.2, -0.15) is 0 Å². The van der Waals surface area contributed by atoms with Crippen molar-refractivity contribution in [3.05, 3.63) is 58.4 Å². The van der Waals surface area contributed by atoms with E-state index < -0.39 is 5.82 Å². The first-order valence-electron chi connectivity index (χ1n) is 10.3. The Bertz CT molecular complexity index is 957. The molecule has 2 amide bonds. The van der Waals surface area contributed by atoms with Gasteiger partial charge in [-0.25, -0.2) is 4.39 Å². The van der Waals surface area contributed by atoms with Crippen molar-refractivity contribution >= 4 is 29.1 Å². The fourth-order valence-electron chi connectivity index (χ4n) is 4.16. The number of benzene rings is 2. The van der Waals surface area contributed by atoms with E-state index in [0.29, 0.717) is 36.4 Å². The second-order valence-corrected chi connectivity index (χ2v) is 8.29. The van der Waals surface area contributed by atoms with Gasteiger partial charge in [-0.15, -0.1) is 0 Å². The van der Waals surface area contributed by atoms with E-state index in [0.717, 1.165) is 31.2 Å². The number of amides is 2. The molecule has 0 radical (unpaired) electrons. The van der Waals surface area contributed by atoms with E-state index in [-0.39, 0.29) is 28.8 Å². The number of fused-ring (bicyclic) bond motifs is 1. The van der Waals surface area contributed by atoms with Gasteiger partial charge in [0.25, 0.3) is 5.91 Å². The Balaban J connectivity index is 1.31. The van der Waals surface area contributed by atoms with Gasteiger partial charge < -0.3 is 15.4 Å². The van der Waals surface area contributed by atoms with Crippen molar-refractivity contribution in [1.29, 1.82) is 0 Å². The molecule has 30 heavy (non-hydrogen) atoms. The fourth-order valence-corrected chi connectivity index (χ4v) is 4.37. The number of carbonyl (C=O) groups is 2. The lowest BCUT2D eigenvalue weighted by atomic mass is 9.85. The van der Waals surface area contributed by atoms with Crippen LogP contribution < -0.4 is 15.4 Å². The van der Waals surface area contributed by atoms with E-state index in [2.05, 4.69) is 10.6 Å². The SMILES string of the molecule is O=C(N[C@H]1CC[C@H](C(=O)Nc2ccc(F)cc2Cl)CC1)c1cccc2c1OCCC2. The van der Waals surface area contributed by atoms with Crippen molar-refractivity contribution in [2.24, 2.45) is 5.92 Å². The Kier molecular flexibility index (Phi) is 6.23. The smallest absolute Gasteiger partial charge is 0.255 e. The maximum Gasteiger partial charge on any atom is 0.255 e. The molecule has 1 fully saturated rings. The van der Waals surface area contributed by atoms with Crippen LogP contribution in [-0.4, -0.2) is 24.5 Å². The molecule has 5 nitrogen and oxygen atoms in total. The highest BCUT2D eigenvalue weighted by molar-refractivity contribution is 6.33.